The molecule has 2 N–H and O–H groups in total. The van der Waals surface area contributed by atoms with Crippen molar-refractivity contribution >= 4 is 11.6 Å². The number of piperazine rings is 1. The summed E-state index contributed by atoms with van der Waals surface area (Å²) in [7, 11) is 2.01. The summed E-state index contributed by atoms with van der Waals surface area (Å²) < 4.78 is 16.0. The summed E-state index contributed by atoms with van der Waals surface area (Å²) in [6.45, 7) is 2.52. The molecule has 0 spiro atoms. The molecule has 2 aliphatic heterocycles. The fraction of sp³-hybridized carbons (Fsp3) is 0.421. The third kappa shape index (κ3) is 3.20. The van der Waals surface area contributed by atoms with Gasteiger partial charge in [0, 0.05) is 45.1 Å². The van der Waals surface area contributed by atoms with Crippen molar-refractivity contribution in [3.8, 4) is 0 Å². The van der Waals surface area contributed by atoms with Crippen molar-refractivity contribution in [3.63, 3.8) is 0 Å². The van der Waals surface area contributed by atoms with Gasteiger partial charge >= 0.3 is 0 Å². The molecule has 7 heteroatoms. The predicted molar refractivity (Wildman–Crippen MR) is 98.0 cm³/mol. The lowest BCUT2D eigenvalue weighted by atomic mass is 10.1. The van der Waals surface area contributed by atoms with Crippen molar-refractivity contribution in [2.75, 3.05) is 31.1 Å². The Hall–Kier alpha value is -2.38. The van der Waals surface area contributed by atoms with Gasteiger partial charge in [-0.1, -0.05) is 12.1 Å². The first-order valence-electron chi connectivity index (χ1n) is 9.04. The topological polar surface area (TPSA) is 52.5 Å². The van der Waals surface area contributed by atoms with E-state index in [0.29, 0.717) is 31.9 Å². The highest BCUT2D eigenvalue weighted by Crippen LogP contribution is 2.24. The highest BCUT2D eigenvalue weighted by molar-refractivity contribution is 5.82. The van der Waals surface area contributed by atoms with Gasteiger partial charge in [-0.3, -0.25) is 4.79 Å². The van der Waals surface area contributed by atoms with Crippen LogP contribution in [-0.2, 0) is 11.8 Å². The van der Waals surface area contributed by atoms with Crippen LogP contribution in [-0.4, -0.2) is 47.6 Å². The monoisotopic (exact) mass is 357 g/mol. The number of hydrogen-bond donors (Lipinski definition) is 2. The molecule has 3 heterocycles. The molecule has 2 aliphatic rings. The van der Waals surface area contributed by atoms with E-state index in [1.165, 1.54) is 6.07 Å². The van der Waals surface area contributed by atoms with Gasteiger partial charge in [0.05, 0.1) is 11.7 Å². The maximum atomic E-state index is 13.9. The van der Waals surface area contributed by atoms with Crippen LogP contribution in [0, 0.1) is 5.82 Å². The smallest absolute Gasteiger partial charge is 0.241 e. The molecule has 0 radical (unpaired) electrons. The van der Waals surface area contributed by atoms with Gasteiger partial charge in [0.2, 0.25) is 5.91 Å². The van der Waals surface area contributed by atoms with Crippen molar-refractivity contribution in [3.05, 3.63) is 54.1 Å². The van der Waals surface area contributed by atoms with Crippen LogP contribution in [0.25, 0.3) is 0 Å². The number of nitrogens with one attached hydrogen (secondary N) is 2. The van der Waals surface area contributed by atoms with Gasteiger partial charge in [-0.05, 0) is 30.7 Å². The Morgan fingerprint density at radius 3 is 2.54 bits per heavy atom. The molecule has 2 atom stereocenters. The van der Waals surface area contributed by atoms with Crippen molar-refractivity contribution < 1.29 is 9.18 Å². The second-order valence-corrected chi connectivity index (χ2v) is 6.94. The molecular weight excluding hydrogens is 333 g/mol. The molecule has 6 nitrogen and oxygen atoms in total. The summed E-state index contributed by atoms with van der Waals surface area (Å²) >= 11 is 0. The summed E-state index contributed by atoms with van der Waals surface area (Å²) in [5.41, 5.74) is 8.16. The highest BCUT2D eigenvalue weighted by atomic mass is 19.1. The second-order valence-electron chi connectivity index (χ2n) is 6.94. The molecule has 138 valence electrons. The van der Waals surface area contributed by atoms with Gasteiger partial charge in [0.15, 0.2) is 0 Å². The fourth-order valence-electron chi connectivity index (χ4n) is 3.84. The maximum Gasteiger partial charge on any atom is 0.241 e. The van der Waals surface area contributed by atoms with E-state index in [4.69, 9.17) is 0 Å². The molecular formula is C19H24FN5O. The molecule has 2 fully saturated rings. The van der Waals surface area contributed by atoms with E-state index in [2.05, 4.69) is 21.5 Å². The molecule has 4 rings (SSSR count). The molecule has 26 heavy (non-hydrogen) atoms. The lowest BCUT2D eigenvalue weighted by Crippen LogP contribution is -2.53. The van der Waals surface area contributed by atoms with Crippen LogP contribution >= 0.6 is 0 Å². The number of aromatic nitrogens is 1. The first-order chi connectivity index (χ1) is 12.6. The lowest BCUT2D eigenvalue weighted by molar-refractivity contribution is -0.133. The minimum absolute atomic E-state index is 0.113. The quantitative estimate of drug-likeness (QED) is 0.872. The summed E-state index contributed by atoms with van der Waals surface area (Å²) in [5, 5.41) is 0. The molecule has 1 amide bonds. The summed E-state index contributed by atoms with van der Waals surface area (Å²) in [6, 6.07) is 10.8. The molecule has 0 aliphatic carbocycles. The first-order valence-corrected chi connectivity index (χ1v) is 9.04. The number of amides is 1. The van der Waals surface area contributed by atoms with Gasteiger partial charge in [0.1, 0.15) is 11.9 Å². The average Bonchev–Trinajstić information content (AvgIpc) is 3.30. The largest absolute Gasteiger partial charge is 0.366 e. The normalized spacial score (nSPS) is 23.5. The van der Waals surface area contributed by atoms with E-state index in [9.17, 15) is 9.18 Å². The van der Waals surface area contributed by atoms with E-state index >= 15 is 0 Å². The van der Waals surface area contributed by atoms with Crippen molar-refractivity contribution in [1.29, 1.82) is 0 Å². The van der Waals surface area contributed by atoms with E-state index in [1.807, 2.05) is 35.2 Å². The van der Waals surface area contributed by atoms with Crippen molar-refractivity contribution in [1.82, 2.24) is 20.3 Å². The lowest BCUT2D eigenvalue weighted by Gasteiger charge is -2.37. The van der Waals surface area contributed by atoms with E-state index in [1.54, 1.807) is 12.1 Å². The number of aryl methyl sites for hydroxylation is 1. The molecule has 2 saturated heterocycles. The average molecular weight is 357 g/mol. The second kappa shape index (κ2) is 7.09. The Kier molecular flexibility index (Phi) is 4.65. The Balaban J connectivity index is 1.34. The Morgan fingerprint density at radius 2 is 1.85 bits per heavy atom. The zero-order valence-electron chi connectivity index (χ0n) is 14.9. The molecule has 1 aromatic carbocycles. The number of halogens is 1. The standard InChI is InChI=1S/C19H24FN5O/c1-23-8-4-7-18(23)15-13-16(22-21-15)19(26)25-11-9-24(10-12-25)17-6-3-2-5-14(17)20/h2-8,15-16,21-22H,9-13H2,1H3. The van der Waals surface area contributed by atoms with Gasteiger partial charge in [0.25, 0.3) is 0 Å². The SMILES string of the molecule is Cn1cccc1C1CC(C(=O)N2CCN(c3ccccc3F)CC2)NN1. The van der Waals surface area contributed by atoms with Crippen LogP contribution in [0.4, 0.5) is 10.1 Å². The van der Waals surface area contributed by atoms with Gasteiger partial charge in [-0.2, -0.15) is 0 Å². The van der Waals surface area contributed by atoms with Gasteiger partial charge < -0.3 is 14.4 Å². The van der Waals surface area contributed by atoms with Crippen LogP contribution in [0.15, 0.2) is 42.6 Å². The number of carbonyl (C=O) groups is 1. The third-order valence-electron chi connectivity index (χ3n) is 5.33. The van der Waals surface area contributed by atoms with E-state index in [0.717, 1.165) is 12.1 Å². The molecule has 1 aromatic heterocycles. The van der Waals surface area contributed by atoms with Crippen LogP contribution in [0.3, 0.4) is 0 Å². The van der Waals surface area contributed by atoms with Gasteiger partial charge in [-0.25, -0.2) is 15.2 Å². The number of carbonyl (C=O) groups excluding carboxylic acids is 1. The number of hydrogen-bond acceptors (Lipinski definition) is 4. The summed E-state index contributed by atoms with van der Waals surface area (Å²) in [5.74, 6) is -0.0956. The molecule has 2 aromatic rings. The number of anilines is 1. The summed E-state index contributed by atoms with van der Waals surface area (Å²) in [6.07, 6.45) is 2.73. The van der Waals surface area contributed by atoms with Crippen molar-refractivity contribution in [2.24, 2.45) is 7.05 Å². The maximum absolute atomic E-state index is 13.9. The predicted octanol–water partition coefficient (Wildman–Crippen LogP) is 1.42. The van der Waals surface area contributed by atoms with Crippen molar-refractivity contribution in [2.45, 2.75) is 18.5 Å². The van der Waals surface area contributed by atoms with Crippen LogP contribution in [0.2, 0.25) is 0 Å². The van der Waals surface area contributed by atoms with Crippen LogP contribution in [0.5, 0.6) is 0 Å². The van der Waals surface area contributed by atoms with Crippen LogP contribution < -0.4 is 15.8 Å². The number of nitrogens with zero attached hydrogens (tertiary/aromatic N) is 3. The zero-order valence-corrected chi connectivity index (χ0v) is 14.9. The van der Waals surface area contributed by atoms with E-state index < -0.39 is 0 Å². The number of hydrazine groups is 1. The van der Waals surface area contributed by atoms with E-state index in [-0.39, 0.29) is 23.8 Å². The number of para-hydroxylation sites is 1. The molecule has 2 unspecified atom stereocenters. The Bertz CT molecular complexity index is 784. The summed E-state index contributed by atoms with van der Waals surface area (Å²) in [4.78, 5) is 16.7. The first kappa shape index (κ1) is 17.1. The minimum Gasteiger partial charge on any atom is -0.366 e. The number of rotatable bonds is 3. The zero-order chi connectivity index (χ0) is 18.1. The van der Waals surface area contributed by atoms with Crippen LogP contribution in [0.1, 0.15) is 18.2 Å². The number of benzene rings is 1. The molecule has 0 bridgehead atoms. The third-order valence-corrected chi connectivity index (χ3v) is 5.33. The Labute approximate surface area is 152 Å². The van der Waals surface area contributed by atoms with Gasteiger partial charge in [-0.15, -0.1) is 0 Å². The Morgan fingerprint density at radius 1 is 1.08 bits per heavy atom. The molecule has 0 saturated carbocycles. The minimum atomic E-state index is -0.227. The fourth-order valence-corrected chi connectivity index (χ4v) is 3.84. The highest BCUT2D eigenvalue weighted by Gasteiger charge is 2.34.